The van der Waals surface area contributed by atoms with Crippen molar-refractivity contribution < 1.29 is 4.74 Å². The number of para-hydroxylation sites is 1. The van der Waals surface area contributed by atoms with Crippen LogP contribution in [0.5, 0.6) is 5.75 Å². The fourth-order valence-electron chi connectivity index (χ4n) is 1.68. The molecule has 1 atom stereocenters. The van der Waals surface area contributed by atoms with Crippen molar-refractivity contribution in [3.8, 4) is 5.75 Å². The second kappa shape index (κ2) is 5.82. The summed E-state index contributed by atoms with van der Waals surface area (Å²) in [4.78, 5) is 1.27. The van der Waals surface area contributed by atoms with Crippen LogP contribution in [0.25, 0.3) is 0 Å². The lowest BCUT2D eigenvalue weighted by molar-refractivity contribution is 0.267. The molecule has 0 fully saturated rings. The zero-order valence-corrected chi connectivity index (χ0v) is 10.5. The predicted octanol–water partition coefficient (Wildman–Crippen LogP) is 2.64. The third kappa shape index (κ3) is 3.06. The number of rotatable bonds is 5. The molecule has 17 heavy (non-hydrogen) atoms. The van der Waals surface area contributed by atoms with Gasteiger partial charge in [0, 0.05) is 4.88 Å². The number of benzene rings is 1. The van der Waals surface area contributed by atoms with Gasteiger partial charge in [-0.15, -0.1) is 11.3 Å². The molecule has 0 saturated heterocycles. The molecule has 3 nitrogen and oxygen atoms in total. The summed E-state index contributed by atoms with van der Waals surface area (Å²) < 4.78 is 5.70. The van der Waals surface area contributed by atoms with Crippen molar-refractivity contribution >= 4 is 11.3 Å². The first-order chi connectivity index (χ1) is 8.31. The van der Waals surface area contributed by atoms with Crippen molar-refractivity contribution in [2.45, 2.75) is 13.0 Å². The average Bonchev–Trinajstić information content (AvgIpc) is 2.78. The lowest BCUT2D eigenvalue weighted by atomic mass is 10.1. The Labute approximate surface area is 105 Å². The smallest absolute Gasteiger partial charge is 0.119 e. The number of ether oxygens (including phenoxy) is 1. The van der Waals surface area contributed by atoms with E-state index in [-0.39, 0.29) is 6.04 Å². The Balaban J connectivity index is 2.00. The summed E-state index contributed by atoms with van der Waals surface area (Å²) in [6.45, 7) is 2.62. The van der Waals surface area contributed by atoms with Crippen LogP contribution in [0.3, 0.4) is 0 Å². The molecule has 2 rings (SSSR count). The summed E-state index contributed by atoms with van der Waals surface area (Å²) in [6, 6.07) is 11.9. The third-order valence-electron chi connectivity index (χ3n) is 2.64. The molecular formula is C13H16N2OS. The Morgan fingerprint density at radius 1 is 1.29 bits per heavy atom. The van der Waals surface area contributed by atoms with Crippen molar-refractivity contribution in [1.82, 2.24) is 5.43 Å². The SMILES string of the molecule is Cc1sccc1C(COc1ccccc1)NN. The van der Waals surface area contributed by atoms with Crippen LogP contribution in [-0.2, 0) is 0 Å². The number of nitrogens with two attached hydrogens (primary N) is 1. The van der Waals surface area contributed by atoms with Crippen LogP contribution in [-0.4, -0.2) is 6.61 Å². The number of nitrogens with one attached hydrogen (secondary N) is 1. The van der Waals surface area contributed by atoms with E-state index in [1.54, 1.807) is 11.3 Å². The van der Waals surface area contributed by atoms with Gasteiger partial charge < -0.3 is 4.74 Å². The molecule has 1 unspecified atom stereocenters. The summed E-state index contributed by atoms with van der Waals surface area (Å²) in [7, 11) is 0. The van der Waals surface area contributed by atoms with Crippen LogP contribution < -0.4 is 16.0 Å². The molecule has 0 aliphatic rings. The molecule has 1 aromatic carbocycles. The monoisotopic (exact) mass is 248 g/mol. The molecule has 1 heterocycles. The Hall–Kier alpha value is -1.36. The number of hydrogen-bond acceptors (Lipinski definition) is 4. The van der Waals surface area contributed by atoms with Crippen LogP contribution >= 0.6 is 11.3 Å². The van der Waals surface area contributed by atoms with Gasteiger partial charge in [0.15, 0.2) is 0 Å². The van der Waals surface area contributed by atoms with Gasteiger partial charge in [-0.05, 0) is 36.1 Å². The van der Waals surface area contributed by atoms with Gasteiger partial charge >= 0.3 is 0 Å². The zero-order valence-electron chi connectivity index (χ0n) is 9.72. The first kappa shape index (κ1) is 12.1. The Morgan fingerprint density at radius 2 is 2.06 bits per heavy atom. The second-order valence-electron chi connectivity index (χ2n) is 3.78. The first-order valence-electron chi connectivity index (χ1n) is 5.49. The maximum absolute atomic E-state index is 5.70. The van der Waals surface area contributed by atoms with Crippen molar-refractivity contribution in [3.63, 3.8) is 0 Å². The lowest BCUT2D eigenvalue weighted by Crippen LogP contribution is -2.32. The number of hydrogen-bond donors (Lipinski definition) is 2. The molecule has 0 spiro atoms. The van der Waals surface area contributed by atoms with Gasteiger partial charge in [0.2, 0.25) is 0 Å². The molecule has 4 heteroatoms. The van der Waals surface area contributed by atoms with Crippen LogP contribution in [0.15, 0.2) is 41.8 Å². The van der Waals surface area contributed by atoms with E-state index in [9.17, 15) is 0 Å². The maximum atomic E-state index is 5.70. The van der Waals surface area contributed by atoms with Gasteiger partial charge in [-0.3, -0.25) is 5.84 Å². The van der Waals surface area contributed by atoms with Gasteiger partial charge in [0.05, 0.1) is 6.04 Å². The summed E-state index contributed by atoms with van der Waals surface area (Å²) in [5.74, 6) is 6.43. The second-order valence-corrected chi connectivity index (χ2v) is 4.90. The summed E-state index contributed by atoms with van der Waals surface area (Å²) in [6.07, 6.45) is 0. The van der Waals surface area contributed by atoms with E-state index in [0.717, 1.165) is 5.75 Å². The molecular weight excluding hydrogens is 232 g/mol. The van der Waals surface area contributed by atoms with Crippen LogP contribution in [0, 0.1) is 6.92 Å². The Kier molecular flexibility index (Phi) is 4.14. The van der Waals surface area contributed by atoms with E-state index in [2.05, 4.69) is 23.8 Å². The van der Waals surface area contributed by atoms with E-state index in [0.29, 0.717) is 6.61 Å². The normalized spacial score (nSPS) is 12.4. The minimum absolute atomic E-state index is 0.0291. The molecule has 0 saturated carbocycles. The molecule has 0 radical (unpaired) electrons. The van der Waals surface area contributed by atoms with Gasteiger partial charge in [-0.1, -0.05) is 18.2 Å². The van der Waals surface area contributed by atoms with E-state index in [1.807, 2.05) is 30.3 Å². The summed E-state index contributed by atoms with van der Waals surface area (Å²) in [5, 5.41) is 2.07. The van der Waals surface area contributed by atoms with Gasteiger partial charge in [0.1, 0.15) is 12.4 Å². The van der Waals surface area contributed by atoms with E-state index in [1.165, 1.54) is 10.4 Å². The standard InChI is InChI=1S/C13H16N2OS/c1-10-12(7-8-17-10)13(15-14)9-16-11-5-3-2-4-6-11/h2-8,13,15H,9,14H2,1H3. The summed E-state index contributed by atoms with van der Waals surface area (Å²) in [5.41, 5.74) is 4.00. The number of thiophene rings is 1. The van der Waals surface area contributed by atoms with E-state index >= 15 is 0 Å². The van der Waals surface area contributed by atoms with E-state index < -0.39 is 0 Å². The quantitative estimate of drug-likeness (QED) is 0.631. The summed E-state index contributed by atoms with van der Waals surface area (Å²) >= 11 is 1.72. The maximum Gasteiger partial charge on any atom is 0.119 e. The molecule has 3 N–H and O–H groups in total. The van der Waals surface area contributed by atoms with Gasteiger partial charge in [-0.25, -0.2) is 5.43 Å². The molecule has 0 aliphatic heterocycles. The van der Waals surface area contributed by atoms with Crippen molar-refractivity contribution in [2.75, 3.05) is 6.61 Å². The molecule has 2 aromatic rings. The fourth-order valence-corrected chi connectivity index (χ4v) is 2.45. The fraction of sp³-hybridized carbons (Fsp3) is 0.231. The highest BCUT2D eigenvalue weighted by atomic mass is 32.1. The van der Waals surface area contributed by atoms with Crippen LogP contribution in [0.1, 0.15) is 16.5 Å². The number of hydrazine groups is 1. The third-order valence-corrected chi connectivity index (χ3v) is 3.50. The topological polar surface area (TPSA) is 47.3 Å². The van der Waals surface area contributed by atoms with E-state index in [4.69, 9.17) is 10.6 Å². The largest absolute Gasteiger partial charge is 0.492 e. The lowest BCUT2D eigenvalue weighted by Gasteiger charge is -2.16. The molecule has 90 valence electrons. The molecule has 0 amide bonds. The Morgan fingerprint density at radius 3 is 2.65 bits per heavy atom. The minimum atomic E-state index is 0.0291. The highest BCUT2D eigenvalue weighted by Gasteiger charge is 2.13. The zero-order chi connectivity index (χ0) is 12.1. The first-order valence-corrected chi connectivity index (χ1v) is 6.37. The molecule has 0 bridgehead atoms. The van der Waals surface area contributed by atoms with Crippen molar-refractivity contribution in [1.29, 1.82) is 0 Å². The highest BCUT2D eigenvalue weighted by Crippen LogP contribution is 2.23. The van der Waals surface area contributed by atoms with Crippen molar-refractivity contribution in [2.24, 2.45) is 5.84 Å². The van der Waals surface area contributed by atoms with Crippen LogP contribution in [0.4, 0.5) is 0 Å². The van der Waals surface area contributed by atoms with Gasteiger partial charge in [0.25, 0.3) is 0 Å². The van der Waals surface area contributed by atoms with Crippen molar-refractivity contribution in [3.05, 3.63) is 52.2 Å². The molecule has 1 aromatic heterocycles. The number of aryl methyl sites for hydroxylation is 1. The highest BCUT2D eigenvalue weighted by molar-refractivity contribution is 7.10. The predicted molar refractivity (Wildman–Crippen MR) is 71.1 cm³/mol. The van der Waals surface area contributed by atoms with Crippen LogP contribution in [0.2, 0.25) is 0 Å². The Bertz CT molecular complexity index is 455. The average molecular weight is 248 g/mol. The minimum Gasteiger partial charge on any atom is -0.492 e. The molecule has 0 aliphatic carbocycles. The van der Waals surface area contributed by atoms with Gasteiger partial charge in [-0.2, -0.15) is 0 Å².